The molecule has 1 aliphatic rings. The summed E-state index contributed by atoms with van der Waals surface area (Å²) in [6.07, 6.45) is 5.25. The molecule has 0 aromatic heterocycles. The van der Waals surface area contributed by atoms with Gasteiger partial charge in [-0.05, 0) is 37.3 Å². The van der Waals surface area contributed by atoms with Crippen LogP contribution in [0.3, 0.4) is 0 Å². The largest absolute Gasteiger partial charge is 0.381 e. The number of rotatable bonds is 2. The lowest BCUT2D eigenvalue weighted by molar-refractivity contribution is 0.358. The molecule has 2 heteroatoms. The molecule has 2 atom stereocenters. The molecule has 2 rings (SSSR count). The van der Waals surface area contributed by atoms with Crippen LogP contribution < -0.4 is 5.32 Å². The van der Waals surface area contributed by atoms with Gasteiger partial charge in [-0.15, -0.1) is 0 Å². The third-order valence-electron chi connectivity index (χ3n) is 3.51. The van der Waals surface area contributed by atoms with Crippen molar-refractivity contribution in [1.82, 2.24) is 0 Å². The average molecular weight is 238 g/mol. The van der Waals surface area contributed by atoms with Crippen molar-refractivity contribution in [3.63, 3.8) is 0 Å². The summed E-state index contributed by atoms with van der Waals surface area (Å²) in [7, 11) is 0. The number of halogens is 1. The summed E-state index contributed by atoms with van der Waals surface area (Å²) < 4.78 is 0. The van der Waals surface area contributed by atoms with Crippen LogP contribution in [0.4, 0.5) is 5.69 Å². The van der Waals surface area contributed by atoms with Crippen LogP contribution in [0, 0.1) is 12.8 Å². The third-order valence-corrected chi connectivity index (χ3v) is 3.82. The molecule has 1 nitrogen and oxygen atoms in total. The van der Waals surface area contributed by atoms with E-state index in [0.29, 0.717) is 6.04 Å². The predicted octanol–water partition coefficient (Wildman–Crippen LogP) is 4.64. The fraction of sp³-hybridized carbons (Fsp3) is 0.571. The van der Waals surface area contributed by atoms with Gasteiger partial charge in [0, 0.05) is 6.04 Å². The minimum atomic E-state index is 0.599. The van der Waals surface area contributed by atoms with Crippen LogP contribution in [0.25, 0.3) is 0 Å². The Hall–Kier alpha value is -0.690. The zero-order chi connectivity index (χ0) is 11.5. The molecule has 0 amide bonds. The van der Waals surface area contributed by atoms with Crippen LogP contribution in [0.15, 0.2) is 18.2 Å². The zero-order valence-electron chi connectivity index (χ0n) is 10.1. The van der Waals surface area contributed by atoms with Gasteiger partial charge in [0.2, 0.25) is 0 Å². The number of hydrogen-bond donors (Lipinski definition) is 1. The van der Waals surface area contributed by atoms with Crippen molar-refractivity contribution in [2.75, 3.05) is 5.32 Å². The van der Waals surface area contributed by atoms with E-state index in [1.54, 1.807) is 0 Å². The predicted molar refractivity (Wildman–Crippen MR) is 71.2 cm³/mol. The highest BCUT2D eigenvalue weighted by Gasteiger charge is 2.19. The summed E-state index contributed by atoms with van der Waals surface area (Å²) in [6, 6.07) is 6.68. The molecular weight excluding hydrogens is 218 g/mol. The van der Waals surface area contributed by atoms with Crippen molar-refractivity contribution in [3.8, 4) is 0 Å². The highest BCUT2D eigenvalue weighted by molar-refractivity contribution is 6.33. The van der Waals surface area contributed by atoms with Gasteiger partial charge in [0.05, 0.1) is 10.7 Å². The van der Waals surface area contributed by atoms with Crippen molar-refractivity contribution in [2.24, 2.45) is 5.92 Å². The number of aryl methyl sites for hydroxylation is 1. The quantitative estimate of drug-likeness (QED) is 0.790. The Morgan fingerprint density at radius 2 is 2.12 bits per heavy atom. The van der Waals surface area contributed by atoms with Gasteiger partial charge in [-0.25, -0.2) is 0 Å². The molecule has 0 bridgehead atoms. The van der Waals surface area contributed by atoms with Gasteiger partial charge in [0.25, 0.3) is 0 Å². The Morgan fingerprint density at radius 3 is 2.81 bits per heavy atom. The molecule has 2 unspecified atom stereocenters. The Morgan fingerprint density at radius 1 is 1.31 bits per heavy atom. The minimum absolute atomic E-state index is 0.599. The van der Waals surface area contributed by atoms with E-state index in [-0.39, 0.29) is 0 Å². The highest BCUT2D eigenvalue weighted by Crippen LogP contribution is 2.30. The van der Waals surface area contributed by atoms with E-state index in [1.807, 2.05) is 12.1 Å². The topological polar surface area (TPSA) is 12.0 Å². The number of nitrogens with one attached hydrogen (secondary N) is 1. The van der Waals surface area contributed by atoms with Crippen molar-refractivity contribution in [2.45, 2.75) is 45.6 Å². The summed E-state index contributed by atoms with van der Waals surface area (Å²) in [5.74, 6) is 0.842. The van der Waals surface area contributed by atoms with Gasteiger partial charge in [-0.2, -0.15) is 0 Å². The van der Waals surface area contributed by atoms with Crippen LogP contribution in [-0.2, 0) is 0 Å². The second-order valence-corrected chi connectivity index (χ2v) is 5.45. The molecule has 16 heavy (non-hydrogen) atoms. The molecule has 88 valence electrons. The normalized spacial score (nSPS) is 25.4. The molecule has 1 aromatic rings. The van der Waals surface area contributed by atoms with Crippen LogP contribution in [0.5, 0.6) is 0 Å². The van der Waals surface area contributed by atoms with Crippen molar-refractivity contribution >= 4 is 17.3 Å². The molecule has 0 radical (unpaired) electrons. The van der Waals surface area contributed by atoms with Gasteiger partial charge < -0.3 is 5.32 Å². The standard InChI is InChI=1S/C14H20ClN/c1-10-5-3-7-12(9-10)16-14-11(2)6-4-8-13(14)15/h4,6,8,10,12,16H,3,5,7,9H2,1-2H3. The average Bonchev–Trinajstić information content (AvgIpc) is 2.24. The number of para-hydroxylation sites is 1. The van der Waals surface area contributed by atoms with Gasteiger partial charge in [-0.1, -0.05) is 43.5 Å². The second-order valence-electron chi connectivity index (χ2n) is 5.04. The maximum absolute atomic E-state index is 6.22. The van der Waals surface area contributed by atoms with E-state index in [0.717, 1.165) is 16.6 Å². The summed E-state index contributed by atoms with van der Waals surface area (Å²) >= 11 is 6.22. The van der Waals surface area contributed by atoms with Crippen molar-refractivity contribution in [3.05, 3.63) is 28.8 Å². The maximum atomic E-state index is 6.22. The molecule has 1 N–H and O–H groups in total. The first kappa shape index (κ1) is 11.8. The van der Waals surface area contributed by atoms with E-state index in [9.17, 15) is 0 Å². The van der Waals surface area contributed by atoms with E-state index in [4.69, 9.17) is 11.6 Å². The van der Waals surface area contributed by atoms with Crippen LogP contribution in [0.2, 0.25) is 5.02 Å². The highest BCUT2D eigenvalue weighted by atomic mass is 35.5. The summed E-state index contributed by atoms with van der Waals surface area (Å²) in [6.45, 7) is 4.45. The van der Waals surface area contributed by atoms with Gasteiger partial charge in [0.1, 0.15) is 0 Å². The Kier molecular flexibility index (Phi) is 3.75. The lowest BCUT2D eigenvalue weighted by atomic mass is 9.87. The molecule has 1 aromatic carbocycles. The first-order valence-corrected chi connectivity index (χ1v) is 6.56. The third kappa shape index (κ3) is 2.70. The maximum Gasteiger partial charge on any atom is 0.0640 e. The van der Waals surface area contributed by atoms with Crippen molar-refractivity contribution < 1.29 is 0 Å². The van der Waals surface area contributed by atoms with E-state index < -0.39 is 0 Å². The smallest absolute Gasteiger partial charge is 0.0640 e. The first-order valence-electron chi connectivity index (χ1n) is 6.18. The molecule has 0 aliphatic heterocycles. The van der Waals surface area contributed by atoms with E-state index >= 15 is 0 Å². The summed E-state index contributed by atoms with van der Waals surface area (Å²) in [4.78, 5) is 0. The van der Waals surface area contributed by atoms with Crippen LogP contribution in [-0.4, -0.2) is 6.04 Å². The van der Waals surface area contributed by atoms with Gasteiger partial charge in [-0.3, -0.25) is 0 Å². The Balaban J connectivity index is 2.08. The number of benzene rings is 1. The SMILES string of the molecule is Cc1cccc(Cl)c1NC1CCCC(C)C1. The molecule has 0 saturated heterocycles. The van der Waals surface area contributed by atoms with Crippen LogP contribution >= 0.6 is 11.6 Å². The molecular formula is C14H20ClN. The minimum Gasteiger partial charge on any atom is -0.381 e. The van der Waals surface area contributed by atoms with Gasteiger partial charge >= 0.3 is 0 Å². The van der Waals surface area contributed by atoms with Crippen LogP contribution in [0.1, 0.15) is 38.2 Å². The molecule has 1 fully saturated rings. The molecule has 0 heterocycles. The molecule has 1 saturated carbocycles. The lowest BCUT2D eigenvalue weighted by Crippen LogP contribution is -2.26. The Labute approximate surface area is 103 Å². The number of hydrogen-bond acceptors (Lipinski definition) is 1. The van der Waals surface area contributed by atoms with Crippen molar-refractivity contribution in [1.29, 1.82) is 0 Å². The Bertz CT molecular complexity index is 342. The first-order chi connectivity index (χ1) is 7.66. The van der Waals surface area contributed by atoms with Gasteiger partial charge in [0.15, 0.2) is 0 Å². The fourth-order valence-electron chi connectivity index (χ4n) is 2.58. The monoisotopic (exact) mass is 237 g/mol. The summed E-state index contributed by atoms with van der Waals surface area (Å²) in [5.41, 5.74) is 2.37. The number of anilines is 1. The second kappa shape index (κ2) is 5.09. The zero-order valence-corrected chi connectivity index (χ0v) is 10.8. The molecule has 0 spiro atoms. The lowest BCUT2D eigenvalue weighted by Gasteiger charge is -2.29. The fourth-order valence-corrected chi connectivity index (χ4v) is 2.86. The van der Waals surface area contributed by atoms with E-state index in [1.165, 1.54) is 31.2 Å². The summed E-state index contributed by atoms with van der Waals surface area (Å²) in [5, 5.41) is 4.46. The van der Waals surface area contributed by atoms with E-state index in [2.05, 4.69) is 25.2 Å². The molecule has 1 aliphatic carbocycles.